The molecule has 2 aromatic carbocycles. The molecule has 4 rings (SSSR count). The summed E-state index contributed by atoms with van der Waals surface area (Å²) in [5.74, 6) is 2.50. The smallest absolute Gasteiger partial charge is 0.131 e. The molecule has 0 saturated carbocycles. The summed E-state index contributed by atoms with van der Waals surface area (Å²) in [6, 6.07) is 12.0. The number of aromatic nitrogens is 4. The minimum Gasteiger partial charge on any atom is -0.383 e. The largest absolute Gasteiger partial charge is 0.383 e. The van der Waals surface area contributed by atoms with Crippen molar-refractivity contribution >= 4 is 45.9 Å². The third-order valence-electron chi connectivity index (χ3n) is 4.79. The molecule has 6 N–H and O–H groups in total. The third-order valence-corrected chi connectivity index (χ3v) is 4.79. The maximum absolute atomic E-state index is 6.09. The second-order valence-electron chi connectivity index (χ2n) is 8.26. The molecule has 0 saturated heterocycles. The van der Waals surface area contributed by atoms with Crippen molar-refractivity contribution in [3.8, 4) is 0 Å². The number of nitrogens with two attached hydrogens (primary N) is 2. The van der Waals surface area contributed by atoms with Gasteiger partial charge in [0.15, 0.2) is 0 Å². The van der Waals surface area contributed by atoms with Crippen molar-refractivity contribution in [3.63, 3.8) is 0 Å². The topological polar surface area (TPSA) is 134 Å². The van der Waals surface area contributed by atoms with E-state index < -0.39 is 0 Å². The van der Waals surface area contributed by atoms with Gasteiger partial charge in [0, 0.05) is 23.2 Å². The van der Waals surface area contributed by atoms with Crippen LogP contribution >= 0.6 is 0 Å². The van der Waals surface area contributed by atoms with Crippen LogP contribution in [-0.4, -0.2) is 43.7 Å². The predicted octanol–water partition coefficient (Wildman–Crippen LogP) is 3.84. The van der Waals surface area contributed by atoms with Crippen molar-refractivity contribution in [1.29, 1.82) is 0 Å². The molecule has 0 amide bonds. The lowest BCUT2D eigenvalue weighted by Crippen LogP contribution is -2.15. The van der Waals surface area contributed by atoms with Crippen molar-refractivity contribution < 1.29 is 0 Å². The maximum atomic E-state index is 6.09. The summed E-state index contributed by atoms with van der Waals surface area (Å²) in [4.78, 5) is 24.7. The van der Waals surface area contributed by atoms with Crippen LogP contribution in [0.4, 0.5) is 0 Å². The summed E-state index contributed by atoms with van der Waals surface area (Å²) in [7, 11) is 0. The van der Waals surface area contributed by atoms with Crippen LogP contribution in [-0.2, 0) is 0 Å². The summed E-state index contributed by atoms with van der Waals surface area (Å²) in [6.07, 6.45) is 3.77. The maximum Gasteiger partial charge on any atom is 0.131 e. The Bertz CT molecular complexity index is 1250. The average Bonchev–Trinajstić information content (AvgIpc) is 3.33. The molecule has 0 atom stereocenters. The van der Waals surface area contributed by atoms with Crippen LogP contribution in [0.25, 0.3) is 34.2 Å². The molecule has 0 spiro atoms. The van der Waals surface area contributed by atoms with Crippen LogP contribution in [0.15, 0.2) is 46.4 Å². The standard InChI is InChI=1S/C24H28N8/c1-13(2)27-23(25)15-5-7-17-19(11-15)31-21(29-17)9-10-22-30-18-8-6-16(12-20(18)32-22)24(26)28-14(3)4/h5-14H,1-4H3,(H2,25,27)(H2,26,28)(H,29,31)(H,30,32)/b10-9-. The number of aromatic amines is 2. The molecule has 0 fully saturated rings. The Labute approximate surface area is 186 Å². The molecule has 2 aromatic heterocycles. The van der Waals surface area contributed by atoms with Crippen molar-refractivity contribution in [2.75, 3.05) is 0 Å². The van der Waals surface area contributed by atoms with Gasteiger partial charge >= 0.3 is 0 Å². The molecule has 164 valence electrons. The van der Waals surface area contributed by atoms with Crippen molar-refractivity contribution in [2.45, 2.75) is 39.8 Å². The van der Waals surface area contributed by atoms with Gasteiger partial charge in [-0.2, -0.15) is 0 Å². The Balaban J connectivity index is 1.58. The Morgan fingerprint density at radius 3 is 1.53 bits per heavy atom. The van der Waals surface area contributed by atoms with Gasteiger partial charge in [-0.25, -0.2) is 9.97 Å². The van der Waals surface area contributed by atoms with Crippen LogP contribution in [0, 0.1) is 0 Å². The van der Waals surface area contributed by atoms with E-state index in [9.17, 15) is 0 Å². The second-order valence-corrected chi connectivity index (χ2v) is 8.26. The molecule has 4 aromatic rings. The normalized spacial score (nSPS) is 13.4. The molecule has 0 aliphatic heterocycles. The summed E-state index contributed by atoms with van der Waals surface area (Å²) >= 11 is 0. The molecule has 32 heavy (non-hydrogen) atoms. The highest BCUT2D eigenvalue weighted by atomic mass is 14.9. The van der Waals surface area contributed by atoms with Crippen LogP contribution in [0.3, 0.4) is 0 Å². The summed E-state index contributed by atoms with van der Waals surface area (Å²) in [5.41, 5.74) is 17.5. The lowest BCUT2D eigenvalue weighted by molar-refractivity contribution is 0.834. The van der Waals surface area contributed by atoms with E-state index in [1.54, 1.807) is 0 Å². The highest BCUT2D eigenvalue weighted by molar-refractivity contribution is 6.01. The fourth-order valence-electron chi connectivity index (χ4n) is 3.40. The van der Waals surface area contributed by atoms with Crippen LogP contribution in [0.5, 0.6) is 0 Å². The van der Waals surface area contributed by atoms with Crippen molar-refractivity contribution in [3.05, 3.63) is 59.2 Å². The summed E-state index contributed by atoms with van der Waals surface area (Å²) in [6.45, 7) is 7.99. The Morgan fingerprint density at radius 1 is 0.750 bits per heavy atom. The van der Waals surface area contributed by atoms with E-state index in [0.29, 0.717) is 11.7 Å². The van der Waals surface area contributed by atoms with E-state index in [2.05, 4.69) is 29.9 Å². The van der Waals surface area contributed by atoms with E-state index in [1.165, 1.54) is 0 Å². The number of nitrogens with zero attached hydrogens (tertiary/aromatic N) is 4. The van der Waals surface area contributed by atoms with Gasteiger partial charge in [0.25, 0.3) is 0 Å². The number of amidine groups is 2. The second kappa shape index (κ2) is 8.66. The number of hydrogen-bond donors (Lipinski definition) is 4. The predicted molar refractivity (Wildman–Crippen MR) is 133 cm³/mol. The van der Waals surface area contributed by atoms with E-state index in [1.807, 2.05) is 76.2 Å². The molecule has 2 heterocycles. The fourth-order valence-corrected chi connectivity index (χ4v) is 3.40. The number of benzene rings is 2. The number of fused-ring (bicyclic) bond motifs is 2. The fraction of sp³-hybridized carbons (Fsp3) is 0.250. The Hall–Kier alpha value is -3.94. The first kappa shape index (κ1) is 21.3. The number of aliphatic imine (C=N–C) groups is 2. The third kappa shape index (κ3) is 4.69. The van der Waals surface area contributed by atoms with Crippen LogP contribution < -0.4 is 11.5 Å². The minimum absolute atomic E-state index is 0.143. The van der Waals surface area contributed by atoms with Gasteiger partial charge in [0.2, 0.25) is 0 Å². The minimum atomic E-state index is 0.143. The average molecular weight is 429 g/mol. The van der Waals surface area contributed by atoms with Crippen LogP contribution in [0.2, 0.25) is 0 Å². The van der Waals surface area contributed by atoms with Gasteiger partial charge in [-0.05, 0) is 76.2 Å². The first-order valence-corrected chi connectivity index (χ1v) is 10.6. The zero-order chi connectivity index (χ0) is 22.8. The number of imidazole rings is 2. The lowest BCUT2D eigenvalue weighted by Gasteiger charge is -2.03. The Morgan fingerprint density at radius 2 is 1.16 bits per heavy atom. The zero-order valence-electron chi connectivity index (χ0n) is 18.7. The zero-order valence-corrected chi connectivity index (χ0v) is 18.7. The SMILES string of the molecule is CC(C)N=C(N)c1ccc2nc(/C=C\c3nc4ccc(C(N)=NC(C)C)cc4[nH]3)[nH]c2c1. The van der Waals surface area contributed by atoms with Crippen molar-refractivity contribution in [1.82, 2.24) is 19.9 Å². The lowest BCUT2D eigenvalue weighted by atomic mass is 10.2. The molecular weight excluding hydrogens is 400 g/mol. The monoisotopic (exact) mass is 428 g/mol. The van der Waals surface area contributed by atoms with E-state index in [-0.39, 0.29) is 12.1 Å². The molecular formula is C24H28N8. The van der Waals surface area contributed by atoms with E-state index >= 15 is 0 Å². The molecule has 0 aliphatic rings. The first-order chi connectivity index (χ1) is 15.3. The first-order valence-electron chi connectivity index (χ1n) is 10.6. The summed E-state index contributed by atoms with van der Waals surface area (Å²) in [5, 5.41) is 0. The molecule has 0 aliphatic carbocycles. The highest BCUT2D eigenvalue weighted by Crippen LogP contribution is 2.18. The quantitative estimate of drug-likeness (QED) is 0.274. The number of hydrogen-bond acceptors (Lipinski definition) is 4. The van der Waals surface area contributed by atoms with E-state index in [0.717, 1.165) is 44.8 Å². The van der Waals surface area contributed by atoms with Gasteiger partial charge in [0.05, 0.1) is 22.1 Å². The van der Waals surface area contributed by atoms with Gasteiger partial charge < -0.3 is 21.4 Å². The molecule has 0 unspecified atom stereocenters. The van der Waals surface area contributed by atoms with Gasteiger partial charge in [-0.15, -0.1) is 0 Å². The molecule has 0 radical (unpaired) electrons. The van der Waals surface area contributed by atoms with Crippen molar-refractivity contribution in [2.24, 2.45) is 21.5 Å². The van der Waals surface area contributed by atoms with Gasteiger partial charge in [-0.1, -0.05) is 0 Å². The van der Waals surface area contributed by atoms with Gasteiger partial charge in [-0.3, -0.25) is 9.98 Å². The number of rotatable bonds is 6. The molecule has 8 nitrogen and oxygen atoms in total. The number of nitrogens with one attached hydrogen (secondary N) is 2. The Kier molecular flexibility index (Phi) is 5.77. The molecule has 8 heteroatoms. The van der Waals surface area contributed by atoms with Crippen LogP contribution in [0.1, 0.15) is 50.5 Å². The highest BCUT2D eigenvalue weighted by Gasteiger charge is 2.07. The van der Waals surface area contributed by atoms with E-state index in [4.69, 9.17) is 11.5 Å². The number of H-pyrrole nitrogens is 2. The summed E-state index contributed by atoms with van der Waals surface area (Å²) < 4.78 is 0. The molecule has 0 bridgehead atoms. The van der Waals surface area contributed by atoms with Gasteiger partial charge in [0.1, 0.15) is 23.3 Å².